The Bertz CT molecular complexity index is 577. The lowest BCUT2D eigenvalue weighted by Crippen LogP contribution is -2.34. The summed E-state index contributed by atoms with van der Waals surface area (Å²) in [5.74, 6) is 7.22. The normalized spacial score (nSPS) is 16.4. The molecule has 2 rings (SSSR count). The van der Waals surface area contributed by atoms with Gasteiger partial charge in [-0.1, -0.05) is 67.5 Å². The van der Waals surface area contributed by atoms with Crippen molar-refractivity contribution >= 4 is 0 Å². The van der Waals surface area contributed by atoms with E-state index in [-0.39, 0.29) is 0 Å². The number of benzene rings is 1. The molecule has 1 nitrogen and oxygen atoms in total. The molecule has 1 heterocycles. The van der Waals surface area contributed by atoms with E-state index in [0.29, 0.717) is 0 Å². The molecule has 1 fully saturated rings. The van der Waals surface area contributed by atoms with Crippen molar-refractivity contribution in [3.05, 3.63) is 72.9 Å². The first-order valence-electron chi connectivity index (χ1n) is 8.52. The molecule has 120 valence electrons. The Labute approximate surface area is 141 Å². The van der Waals surface area contributed by atoms with Crippen molar-refractivity contribution in [1.82, 2.24) is 4.90 Å². The molecule has 0 spiro atoms. The molecule has 0 atom stereocenters. The number of hydrogen-bond donors (Lipinski definition) is 0. The Morgan fingerprint density at radius 1 is 1.17 bits per heavy atom. The number of hydrogen-bond acceptors (Lipinski definition) is 1. The molecule has 1 aliphatic heterocycles. The lowest BCUT2D eigenvalue weighted by atomic mass is 9.90. The zero-order valence-corrected chi connectivity index (χ0v) is 14.0. The average molecular weight is 305 g/mol. The van der Waals surface area contributed by atoms with E-state index >= 15 is 0 Å². The summed E-state index contributed by atoms with van der Waals surface area (Å²) in [7, 11) is 0. The molecule has 0 amide bonds. The molecule has 0 bridgehead atoms. The van der Waals surface area contributed by atoms with Gasteiger partial charge in [0.05, 0.1) is 0 Å². The van der Waals surface area contributed by atoms with Crippen LogP contribution in [-0.4, -0.2) is 24.5 Å². The van der Waals surface area contributed by atoms with Crippen LogP contribution in [0.5, 0.6) is 0 Å². The van der Waals surface area contributed by atoms with Crippen molar-refractivity contribution in [2.45, 2.75) is 25.7 Å². The number of allylic oxidation sites excluding steroid dienone is 4. The van der Waals surface area contributed by atoms with Crippen LogP contribution in [-0.2, 0) is 6.42 Å². The van der Waals surface area contributed by atoms with Gasteiger partial charge >= 0.3 is 0 Å². The Morgan fingerprint density at radius 2 is 1.91 bits per heavy atom. The van der Waals surface area contributed by atoms with Crippen LogP contribution >= 0.6 is 0 Å². The van der Waals surface area contributed by atoms with Gasteiger partial charge in [0.25, 0.3) is 0 Å². The fourth-order valence-corrected chi connectivity index (χ4v) is 3.03. The smallest absolute Gasteiger partial charge is 0.0239 e. The molecule has 0 unspecified atom stereocenters. The van der Waals surface area contributed by atoms with E-state index in [2.05, 4.69) is 60.2 Å². The molecule has 1 heteroatoms. The first-order chi connectivity index (χ1) is 11.3. The van der Waals surface area contributed by atoms with Gasteiger partial charge in [-0.2, -0.15) is 0 Å². The second kappa shape index (κ2) is 9.87. The number of nitrogens with zero attached hydrogens (tertiary/aromatic N) is 1. The zero-order chi connectivity index (χ0) is 16.3. The van der Waals surface area contributed by atoms with Crippen molar-refractivity contribution in [3.63, 3.8) is 0 Å². The zero-order valence-electron chi connectivity index (χ0n) is 14.0. The summed E-state index contributed by atoms with van der Waals surface area (Å²) in [5.41, 5.74) is 2.42. The second-order valence-electron chi connectivity index (χ2n) is 6.09. The lowest BCUT2D eigenvalue weighted by molar-refractivity contribution is 0.187. The van der Waals surface area contributed by atoms with Crippen LogP contribution in [0, 0.1) is 17.8 Å². The van der Waals surface area contributed by atoms with Gasteiger partial charge in [-0.25, -0.2) is 0 Å². The summed E-state index contributed by atoms with van der Waals surface area (Å²) in [6, 6.07) is 10.9. The summed E-state index contributed by atoms with van der Waals surface area (Å²) < 4.78 is 0. The highest BCUT2D eigenvalue weighted by molar-refractivity contribution is 5.39. The first kappa shape index (κ1) is 17.3. The van der Waals surface area contributed by atoms with Gasteiger partial charge in [-0.15, -0.1) is 0 Å². The van der Waals surface area contributed by atoms with Crippen molar-refractivity contribution in [2.24, 2.45) is 5.92 Å². The van der Waals surface area contributed by atoms with E-state index in [0.717, 1.165) is 24.5 Å². The molecule has 0 radical (unpaired) electrons. The van der Waals surface area contributed by atoms with Crippen LogP contribution in [0.2, 0.25) is 0 Å². The van der Waals surface area contributed by atoms with Crippen molar-refractivity contribution < 1.29 is 0 Å². The number of likely N-dealkylation sites (tertiary alicyclic amines) is 1. The SMILES string of the molecule is C=C/C=C(/C#CCCN1CCC(Cc2ccccc2)CC1)C=C. The fourth-order valence-electron chi connectivity index (χ4n) is 3.03. The van der Waals surface area contributed by atoms with Gasteiger partial charge in [-0.05, 0) is 49.9 Å². The monoisotopic (exact) mass is 305 g/mol. The van der Waals surface area contributed by atoms with E-state index in [4.69, 9.17) is 0 Å². The first-order valence-corrected chi connectivity index (χ1v) is 8.52. The van der Waals surface area contributed by atoms with Crippen molar-refractivity contribution in [2.75, 3.05) is 19.6 Å². The number of piperidine rings is 1. The van der Waals surface area contributed by atoms with Gasteiger partial charge in [0.15, 0.2) is 0 Å². The quantitative estimate of drug-likeness (QED) is 0.547. The third kappa shape index (κ3) is 6.30. The minimum atomic E-state index is 0.836. The minimum Gasteiger partial charge on any atom is -0.302 e. The predicted molar refractivity (Wildman–Crippen MR) is 100 cm³/mol. The maximum absolute atomic E-state index is 3.76. The molecule has 1 aromatic rings. The molecule has 1 aliphatic rings. The topological polar surface area (TPSA) is 3.24 Å². The molecule has 0 aliphatic carbocycles. The highest BCUT2D eigenvalue weighted by atomic mass is 15.1. The highest BCUT2D eigenvalue weighted by Crippen LogP contribution is 2.21. The Hall–Kier alpha value is -2.04. The summed E-state index contributed by atoms with van der Waals surface area (Å²) in [6.45, 7) is 10.9. The van der Waals surface area contributed by atoms with E-state index in [1.165, 1.54) is 37.9 Å². The van der Waals surface area contributed by atoms with Crippen LogP contribution in [0.25, 0.3) is 0 Å². The van der Waals surface area contributed by atoms with E-state index in [1.54, 1.807) is 12.2 Å². The van der Waals surface area contributed by atoms with Crippen LogP contribution < -0.4 is 0 Å². The summed E-state index contributed by atoms with van der Waals surface area (Å²) in [5, 5.41) is 0. The van der Waals surface area contributed by atoms with Gasteiger partial charge in [0.1, 0.15) is 0 Å². The standard InChI is InChI=1S/C22H27N/c1-3-10-20(4-2)11-8-9-16-23-17-14-22(15-18-23)19-21-12-6-5-7-13-21/h3-7,10,12-13,22H,1-2,9,14-19H2/b20-10+. The lowest BCUT2D eigenvalue weighted by Gasteiger charge is -2.31. The Balaban J connectivity index is 1.69. The van der Waals surface area contributed by atoms with Gasteiger partial charge in [-0.3, -0.25) is 0 Å². The highest BCUT2D eigenvalue weighted by Gasteiger charge is 2.18. The third-order valence-corrected chi connectivity index (χ3v) is 4.38. The molecule has 0 aromatic heterocycles. The molecule has 1 saturated heterocycles. The van der Waals surface area contributed by atoms with Gasteiger partial charge < -0.3 is 4.90 Å². The van der Waals surface area contributed by atoms with Crippen LogP contribution in [0.4, 0.5) is 0 Å². The van der Waals surface area contributed by atoms with E-state index in [9.17, 15) is 0 Å². The van der Waals surface area contributed by atoms with Crippen LogP contribution in [0.15, 0.2) is 67.3 Å². The summed E-state index contributed by atoms with van der Waals surface area (Å²) in [6.07, 6.45) is 10.2. The maximum atomic E-state index is 3.76. The molecule has 23 heavy (non-hydrogen) atoms. The Morgan fingerprint density at radius 3 is 2.57 bits per heavy atom. The number of rotatable bonds is 6. The van der Waals surface area contributed by atoms with Gasteiger partial charge in [0.2, 0.25) is 0 Å². The largest absolute Gasteiger partial charge is 0.302 e. The molecule has 0 N–H and O–H groups in total. The second-order valence-corrected chi connectivity index (χ2v) is 6.09. The van der Waals surface area contributed by atoms with Crippen molar-refractivity contribution in [3.8, 4) is 11.8 Å². The predicted octanol–water partition coefficient (Wildman–Crippen LogP) is 4.63. The van der Waals surface area contributed by atoms with Crippen LogP contribution in [0.3, 0.4) is 0 Å². The van der Waals surface area contributed by atoms with Crippen LogP contribution in [0.1, 0.15) is 24.8 Å². The molecule has 0 saturated carbocycles. The minimum absolute atomic E-state index is 0.836. The molecular formula is C22H27N. The van der Waals surface area contributed by atoms with Gasteiger partial charge in [0, 0.05) is 18.5 Å². The third-order valence-electron chi connectivity index (χ3n) is 4.38. The fraction of sp³-hybridized carbons (Fsp3) is 0.364. The molecule has 1 aromatic carbocycles. The maximum Gasteiger partial charge on any atom is 0.0239 e. The molecular weight excluding hydrogens is 278 g/mol. The summed E-state index contributed by atoms with van der Waals surface area (Å²) in [4.78, 5) is 2.54. The average Bonchev–Trinajstić information content (AvgIpc) is 2.60. The van der Waals surface area contributed by atoms with E-state index in [1.807, 2.05) is 6.08 Å². The summed E-state index contributed by atoms with van der Waals surface area (Å²) >= 11 is 0. The van der Waals surface area contributed by atoms with E-state index < -0.39 is 0 Å². The van der Waals surface area contributed by atoms with Crippen molar-refractivity contribution in [1.29, 1.82) is 0 Å². The Kier molecular flexibility index (Phi) is 7.43.